The van der Waals surface area contributed by atoms with Crippen LogP contribution in [0.3, 0.4) is 0 Å². The van der Waals surface area contributed by atoms with Gasteiger partial charge in [0.05, 0.1) is 19.2 Å². The van der Waals surface area contributed by atoms with E-state index in [4.69, 9.17) is 4.42 Å². The highest BCUT2D eigenvalue weighted by molar-refractivity contribution is 5.78. The zero-order chi connectivity index (χ0) is 16.4. The van der Waals surface area contributed by atoms with Gasteiger partial charge in [0.2, 0.25) is 11.8 Å². The number of oxazole rings is 1. The molecule has 0 unspecified atom stereocenters. The number of fused-ring (bicyclic) bond motifs is 1. The van der Waals surface area contributed by atoms with Crippen molar-refractivity contribution in [3.05, 3.63) is 29.9 Å². The zero-order valence-electron chi connectivity index (χ0n) is 13.0. The number of hydrogen-bond donors (Lipinski definition) is 1. The molecule has 1 N–H and O–H groups in total. The van der Waals surface area contributed by atoms with Crippen molar-refractivity contribution in [2.75, 3.05) is 26.7 Å². The van der Waals surface area contributed by atoms with E-state index in [1.807, 2.05) is 11.9 Å². The number of aliphatic hydroxyl groups excluding tert-OH is 1. The Bertz CT molecular complexity index is 695. The summed E-state index contributed by atoms with van der Waals surface area (Å²) >= 11 is 0. The van der Waals surface area contributed by atoms with Gasteiger partial charge in [-0.3, -0.25) is 9.69 Å². The van der Waals surface area contributed by atoms with Crippen LogP contribution in [0.15, 0.2) is 22.6 Å². The van der Waals surface area contributed by atoms with Crippen LogP contribution in [0, 0.1) is 5.82 Å². The number of halogens is 1. The number of piperidine rings is 1. The molecule has 124 valence electrons. The average Bonchev–Trinajstić information content (AvgIpc) is 2.88. The summed E-state index contributed by atoms with van der Waals surface area (Å²) in [4.78, 5) is 20.0. The number of benzene rings is 1. The molecule has 1 aliphatic heterocycles. The molecule has 0 aliphatic carbocycles. The minimum Gasteiger partial charge on any atom is -0.439 e. The summed E-state index contributed by atoms with van der Waals surface area (Å²) < 4.78 is 18.7. The number of likely N-dealkylation sites (tertiary alicyclic amines) is 1. The highest BCUT2D eigenvalue weighted by Gasteiger charge is 2.22. The lowest BCUT2D eigenvalue weighted by atomic mass is 10.1. The number of carbonyl (C=O) groups excluding carboxylic acids is 1. The minimum absolute atomic E-state index is 0.0292. The SMILES string of the molecule is CN(CC(=O)N1CCC(O)CC1)Cc1nc2cc(F)ccc2o1. The van der Waals surface area contributed by atoms with Gasteiger partial charge in [-0.2, -0.15) is 0 Å². The summed E-state index contributed by atoms with van der Waals surface area (Å²) in [5, 5.41) is 9.48. The largest absolute Gasteiger partial charge is 0.439 e. The third-order valence-corrected chi connectivity index (χ3v) is 4.02. The Labute approximate surface area is 133 Å². The van der Waals surface area contributed by atoms with Crippen molar-refractivity contribution in [2.24, 2.45) is 0 Å². The van der Waals surface area contributed by atoms with Crippen molar-refractivity contribution in [3.63, 3.8) is 0 Å². The number of hydrogen-bond acceptors (Lipinski definition) is 5. The first-order valence-electron chi connectivity index (χ1n) is 7.70. The maximum atomic E-state index is 13.2. The van der Waals surface area contributed by atoms with Gasteiger partial charge in [0.1, 0.15) is 11.3 Å². The van der Waals surface area contributed by atoms with Crippen LogP contribution in [0.5, 0.6) is 0 Å². The van der Waals surface area contributed by atoms with Crippen LogP contribution in [0.25, 0.3) is 11.1 Å². The molecular formula is C16H20FN3O3. The summed E-state index contributed by atoms with van der Waals surface area (Å²) in [6, 6.07) is 4.20. The number of likely N-dealkylation sites (N-methyl/N-ethyl adjacent to an activating group) is 1. The van der Waals surface area contributed by atoms with Gasteiger partial charge in [-0.05, 0) is 32.0 Å². The minimum atomic E-state index is -0.354. The van der Waals surface area contributed by atoms with Crippen LogP contribution >= 0.6 is 0 Å². The maximum absolute atomic E-state index is 13.2. The van der Waals surface area contributed by atoms with Gasteiger partial charge in [-0.25, -0.2) is 9.37 Å². The van der Waals surface area contributed by atoms with Gasteiger partial charge in [0.15, 0.2) is 5.58 Å². The summed E-state index contributed by atoms with van der Waals surface area (Å²) in [7, 11) is 1.81. The fourth-order valence-electron chi connectivity index (χ4n) is 2.75. The maximum Gasteiger partial charge on any atom is 0.236 e. The Kier molecular flexibility index (Phi) is 4.58. The van der Waals surface area contributed by atoms with Gasteiger partial charge in [-0.1, -0.05) is 0 Å². The first-order valence-corrected chi connectivity index (χ1v) is 7.70. The predicted octanol–water partition coefficient (Wildman–Crippen LogP) is 1.38. The number of nitrogens with zero attached hydrogens (tertiary/aromatic N) is 3. The Morgan fingerprint density at radius 1 is 1.48 bits per heavy atom. The number of carbonyl (C=O) groups is 1. The Hall–Kier alpha value is -1.99. The number of amides is 1. The van der Waals surface area contributed by atoms with Gasteiger partial charge in [-0.15, -0.1) is 0 Å². The second-order valence-electron chi connectivity index (χ2n) is 6.00. The van der Waals surface area contributed by atoms with Crippen molar-refractivity contribution in [1.29, 1.82) is 0 Å². The molecule has 0 spiro atoms. The zero-order valence-corrected chi connectivity index (χ0v) is 13.0. The second-order valence-corrected chi connectivity index (χ2v) is 6.00. The second kappa shape index (κ2) is 6.64. The van der Waals surface area contributed by atoms with Crippen molar-refractivity contribution in [1.82, 2.24) is 14.8 Å². The molecule has 1 fully saturated rings. The fraction of sp³-hybridized carbons (Fsp3) is 0.500. The molecule has 0 atom stereocenters. The van der Waals surface area contributed by atoms with Crippen molar-refractivity contribution < 1.29 is 18.7 Å². The molecule has 23 heavy (non-hydrogen) atoms. The third kappa shape index (κ3) is 3.86. The smallest absolute Gasteiger partial charge is 0.236 e. The Morgan fingerprint density at radius 2 is 2.22 bits per heavy atom. The molecule has 1 aliphatic rings. The van der Waals surface area contributed by atoms with Crippen LogP contribution < -0.4 is 0 Å². The third-order valence-electron chi connectivity index (χ3n) is 4.02. The number of aromatic nitrogens is 1. The van der Waals surface area contributed by atoms with Crippen LogP contribution in [0.1, 0.15) is 18.7 Å². The highest BCUT2D eigenvalue weighted by Crippen LogP contribution is 2.17. The van der Waals surface area contributed by atoms with E-state index in [0.717, 1.165) is 0 Å². The molecule has 0 bridgehead atoms. The van der Waals surface area contributed by atoms with E-state index in [-0.39, 0.29) is 24.4 Å². The van der Waals surface area contributed by atoms with Crippen LogP contribution in [0.4, 0.5) is 4.39 Å². The molecule has 2 heterocycles. The van der Waals surface area contributed by atoms with Crippen LogP contribution in [-0.2, 0) is 11.3 Å². The molecule has 1 saturated heterocycles. The monoisotopic (exact) mass is 321 g/mol. The van der Waals surface area contributed by atoms with Gasteiger partial charge in [0.25, 0.3) is 0 Å². The Morgan fingerprint density at radius 3 is 2.96 bits per heavy atom. The van der Waals surface area contributed by atoms with Crippen LogP contribution in [0.2, 0.25) is 0 Å². The van der Waals surface area contributed by atoms with Crippen molar-refractivity contribution >= 4 is 17.0 Å². The first-order chi connectivity index (χ1) is 11.0. The standard InChI is InChI=1S/C16H20FN3O3/c1-19(10-16(22)20-6-4-12(21)5-7-20)9-15-18-13-8-11(17)2-3-14(13)23-15/h2-3,8,12,21H,4-7,9-10H2,1H3. The van der Waals surface area contributed by atoms with Crippen molar-refractivity contribution in [3.8, 4) is 0 Å². The molecule has 2 aromatic rings. The molecule has 0 saturated carbocycles. The lowest BCUT2D eigenvalue weighted by Gasteiger charge is -2.30. The molecular weight excluding hydrogens is 301 g/mol. The van der Waals surface area contributed by atoms with E-state index < -0.39 is 0 Å². The topological polar surface area (TPSA) is 69.8 Å². The summed E-state index contributed by atoms with van der Waals surface area (Å²) in [5.41, 5.74) is 1.01. The predicted molar refractivity (Wildman–Crippen MR) is 82.1 cm³/mol. The Balaban J connectivity index is 1.57. The highest BCUT2D eigenvalue weighted by atomic mass is 19.1. The van der Waals surface area contributed by atoms with Gasteiger partial charge >= 0.3 is 0 Å². The first kappa shape index (κ1) is 15.9. The number of rotatable bonds is 4. The van der Waals surface area contributed by atoms with Gasteiger partial charge in [0, 0.05) is 19.2 Å². The molecule has 7 heteroatoms. The molecule has 0 radical (unpaired) electrons. The van der Waals surface area contributed by atoms with Gasteiger partial charge < -0.3 is 14.4 Å². The average molecular weight is 321 g/mol. The molecule has 1 amide bonds. The molecule has 6 nitrogen and oxygen atoms in total. The van der Waals surface area contributed by atoms with E-state index in [0.29, 0.717) is 49.5 Å². The van der Waals surface area contributed by atoms with E-state index in [1.165, 1.54) is 12.1 Å². The van der Waals surface area contributed by atoms with Crippen LogP contribution in [-0.4, -0.2) is 58.6 Å². The van der Waals surface area contributed by atoms with E-state index in [9.17, 15) is 14.3 Å². The summed E-state index contributed by atoms with van der Waals surface area (Å²) in [6.45, 7) is 1.81. The quantitative estimate of drug-likeness (QED) is 0.921. The van der Waals surface area contributed by atoms with E-state index in [1.54, 1.807) is 11.0 Å². The summed E-state index contributed by atoms with van der Waals surface area (Å²) in [5.74, 6) is 0.129. The van der Waals surface area contributed by atoms with E-state index >= 15 is 0 Å². The lowest BCUT2D eigenvalue weighted by molar-refractivity contribution is -0.134. The summed E-state index contributed by atoms with van der Waals surface area (Å²) in [6.07, 6.45) is 0.968. The lowest BCUT2D eigenvalue weighted by Crippen LogP contribution is -2.44. The van der Waals surface area contributed by atoms with E-state index in [2.05, 4.69) is 4.98 Å². The fourth-order valence-corrected chi connectivity index (χ4v) is 2.75. The molecule has 1 aromatic carbocycles. The normalized spacial score (nSPS) is 16.4. The van der Waals surface area contributed by atoms with Crippen molar-refractivity contribution in [2.45, 2.75) is 25.5 Å². The number of aliphatic hydroxyl groups is 1. The molecule has 3 rings (SSSR count). The molecule has 1 aromatic heterocycles.